The van der Waals surface area contributed by atoms with Crippen LogP contribution < -0.4 is 0 Å². The Labute approximate surface area is 83.3 Å². The largest absolute Gasteiger partial charge is 0.318 e. The average molecular weight is 190 g/mol. The summed E-state index contributed by atoms with van der Waals surface area (Å²) in [6.45, 7) is 0. The molecular formula is C11H12NO2. The molecule has 0 atom stereocenters. The Hall–Kier alpha value is -1.64. The number of amides is 2. The number of imide groups is 1. The van der Waals surface area contributed by atoms with Gasteiger partial charge in [-0.05, 0) is 12.0 Å². The molecule has 1 rings (SSSR count). The van der Waals surface area contributed by atoms with Crippen molar-refractivity contribution in [3.05, 3.63) is 35.9 Å². The maximum absolute atomic E-state index is 11.2. The topological polar surface area (TPSA) is 37.4 Å². The number of nitrogens with zero attached hydrogens (tertiary/aromatic N) is 1. The van der Waals surface area contributed by atoms with Gasteiger partial charge in [0.05, 0.1) is 0 Å². The number of hydrogen-bond acceptors (Lipinski definition) is 2. The molecule has 0 bridgehead atoms. The lowest BCUT2D eigenvalue weighted by Crippen LogP contribution is -2.24. The third-order valence-corrected chi connectivity index (χ3v) is 1.98. The summed E-state index contributed by atoms with van der Waals surface area (Å²) in [5, 5.41) is 0. The summed E-state index contributed by atoms with van der Waals surface area (Å²) in [7, 11) is 1.42. The summed E-state index contributed by atoms with van der Waals surface area (Å²) in [5.41, 5.74) is 1.10. The van der Waals surface area contributed by atoms with Crippen LogP contribution in [0.5, 0.6) is 0 Å². The molecule has 2 amide bonds. The third kappa shape index (κ3) is 3.01. The van der Waals surface area contributed by atoms with Crippen molar-refractivity contribution in [3.8, 4) is 0 Å². The Balaban J connectivity index is 2.42. The molecule has 0 aliphatic rings. The average Bonchev–Trinajstić information content (AvgIpc) is 2.26. The van der Waals surface area contributed by atoms with Crippen molar-refractivity contribution in [3.63, 3.8) is 0 Å². The van der Waals surface area contributed by atoms with Crippen LogP contribution in [0.15, 0.2) is 30.3 Å². The molecule has 0 heterocycles. The quantitative estimate of drug-likeness (QED) is 0.668. The van der Waals surface area contributed by atoms with Gasteiger partial charge in [-0.3, -0.25) is 14.5 Å². The van der Waals surface area contributed by atoms with Crippen LogP contribution in [0.4, 0.5) is 0 Å². The Morgan fingerprint density at radius 3 is 2.57 bits per heavy atom. The van der Waals surface area contributed by atoms with E-state index in [1.807, 2.05) is 30.3 Å². The van der Waals surface area contributed by atoms with Crippen LogP contribution in [0.1, 0.15) is 12.0 Å². The van der Waals surface area contributed by atoms with Gasteiger partial charge in [0.1, 0.15) is 0 Å². The van der Waals surface area contributed by atoms with E-state index < -0.39 is 0 Å². The number of aryl methyl sites for hydroxylation is 1. The van der Waals surface area contributed by atoms with Gasteiger partial charge in [-0.2, -0.15) is 0 Å². The fraction of sp³-hybridized carbons (Fsp3) is 0.273. The van der Waals surface area contributed by atoms with Crippen LogP contribution in [0.2, 0.25) is 0 Å². The zero-order chi connectivity index (χ0) is 10.4. The third-order valence-electron chi connectivity index (χ3n) is 1.98. The van der Waals surface area contributed by atoms with E-state index in [9.17, 15) is 9.59 Å². The SMILES string of the molecule is CN([C]=O)C(=O)CCc1ccccc1. The molecule has 3 nitrogen and oxygen atoms in total. The van der Waals surface area contributed by atoms with Crippen molar-refractivity contribution in [2.75, 3.05) is 7.05 Å². The number of carbonyl (C=O) groups is 1. The molecule has 0 unspecified atom stereocenters. The van der Waals surface area contributed by atoms with Crippen LogP contribution in [-0.2, 0) is 16.0 Å². The van der Waals surface area contributed by atoms with E-state index in [0.29, 0.717) is 12.8 Å². The highest BCUT2D eigenvalue weighted by molar-refractivity contribution is 5.85. The first-order chi connectivity index (χ1) is 6.74. The van der Waals surface area contributed by atoms with Crippen LogP contribution in [0.3, 0.4) is 0 Å². The highest BCUT2D eigenvalue weighted by Crippen LogP contribution is 2.03. The zero-order valence-electron chi connectivity index (χ0n) is 8.06. The molecule has 1 aromatic rings. The van der Waals surface area contributed by atoms with Gasteiger partial charge < -0.3 is 0 Å². The molecule has 0 spiro atoms. The zero-order valence-corrected chi connectivity index (χ0v) is 8.06. The van der Waals surface area contributed by atoms with E-state index in [0.717, 1.165) is 10.5 Å². The van der Waals surface area contributed by atoms with E-state index in [1.165, 1.54) is 13.5 Å². The van der Waals surface area contributed by atoms with E-state index >= 15 is 0 Å². The maximum atomic E-state index is 11.2. The van der Waals surface area contributed by atoms with Gasteiger partial charge in [-0.15, -0.1) is 0 Å². The van der Waals surface area contributed by atoms with Crippen molar-refractivity contribution < 1.29 is 9.59 Å². The Morgan fingerprint density at radius 2 is 2.00 bits per heavy atom. The lowest BCUT2D eigenvalue weighted by molar-refractivity contribution is -0.126. The maximum Gasteiger partial charge on any atom is 0.318 e. The summed E-state index contributed by atoms with van der Waals surface area (Å²) >= 11 is 0. The first-order valence-corrected chi connectivity index (χ1v) is 4.42. The molecule has 73 valence electrons. The van der Waals surface area contributed by atoms with Crippen LogP contribution >= 0.6 is 0 Å². The molecule has 3 heteroatoms. The van der Waals surface area contributed by atoms with Gasteiger partial charge in [0, 0.05) is 13.5 Å². The molecule has 0 N–H and O–H groups in total. The van der Waals surface area contributed by atoms with Crippen LogP contribution in [0, 0.1) is 0 Å². The van der Waals surface area contributed by atoms with E-state index in [2.05, 4.69) is 0 Å². The number of rotatable bonds is 4. The van der Waals surface area contributed by atoms with E-state index in [1.54, 1.807) is 0 Å². The molecular weight excluding hydrogens is 178 g/mol. The predicted molar refractivity (Wildman–Crippen MR) is 53.2 cm³/mol. The minimum absolute atomic E-state index is 0.205. The number of benzene rings is 1. The van der Waals surface area contributed by atoms with Gasteiger partial charge in [0.25, 0.3) is 0 Å². The summed E-state index contributed by atoms with van der Waals surface area (Å²) < 4.78 is 0. The molecule has 1 aromatic carbocycles. The Morgan fingerprint density at radius 1 is 1.36 bits per heavy atom. The summed E-state index contributed by atoms with van der Waals surface area (Å²) in [4.78, 5) is 22.3. The number of hydrogen-bond donors (Lipinski definition) is 0. The second-order valence-electron chi connectivity index (χ2n) is 3.03. The lowest BCUT2D eigenvalue weighted by Gasteiger charge is -2.06. The molecule has 1 radical (unpaired) electrons. The standard InChI is InChI=1S/C11H12NO2/c1-12(9-13)11(14)8-7-10-5-3-2-4-6-10/h2-6H,7-8H2,1H3. The molecule has 14 heavy (non-hydrogen) atoms. The monoisotopic (exact) mass is 190 g/mol. The fourth-order valence-electron chi connectivity index (χ4n) is 1.11. The molecule has 0 fully saturated rings. The molecule has 0 aromatic heterocycles. The first kappa shape index (κ1) is 10.4. The number of carbonyl (C=O) groups excluding carboxylic acids is 2. The second-order valence-corrected chi connectivity index (χ2v) is 3.03. The van der Waals surface area contributed by atoms with E-state index in [-0.39, 0.29) is 5.91 Å². The van der Waals surface area contributed by atoms with Crippen molar-refractivity contribution in [1.82, 2.24) is 4.90 Å². The van der Waals surface area contributed by atoms with E-state index in [4.69, 9.17) is 0 Å². The lowest BCUT2D eigenvalue weighted by atomic mass is 10.1. The fourth-order valence-corrected chi connectivity index (χ4v) is 1.11. The Bertz CT molecular complexity index is 308. The van der Waals surface area contributed by atoms with Gasteiger partial charge in [0.15, 0.2) is 0 Å². The van der Waals surface area contributed by atoms with Gasteiger partial charge in [0.2, 0.25) is 5.91 Å². The molecule has 0 saturated heterocycles. The first-order valence-electron chi connectivity index (χ1n) is 4.42. The smallest absolute Gasteiger partial charge is 0.277 e. The normalized spacial score (nSPS) is 9.50. The van der Waals surface area contributed by atoms with Gasteiger partial charge in [-0.25, -0.2) is 0 Å². The summed E-state index contributed by atoms with van der Waals surface area (Å²) in [6.07, 6.45) is 2.54. The van der Waals surface area contributed by atoms with Crippen LogP contribution in [0.25, 0.3) is 0 Å². The summed E-state index contributed by atoms with van der Waals surface area (Å²) in [6, 6.07) is 9.69. The second kappa shape index (κ2) is 5.17. The van der Waals surface area contributed by atoms with Gasteiger partial charge in [-0.1, -0.05) is 30.3 Å². The van der Waals surface area contributed by atoms with Crippen molar-refractivity contribution >= 4 is 12.3 Å². The highest BCUT2D eigenvalue weighted by Gasteiger charge is 2.07. The van der Waals surface area contributed by atoms with Crippen molar-refractivity contribution in [2.45, 2.75) is 12.8 Å². The summed E-state index contributed by atoms with van der Waals surface area (Å²) in [5.74, 6) is -0.205. The molecule has 0 aliphatic carbocycles. The van der Waals surface area contributed by atoms with Gasteiger partial charge >= 0.3 is 6.41 Å². The van der Waals surface area contributed by atoms with Crippen molar-refractivity contribution in [1.29, 1.82) is 0 Å². The minimum atomic E-state index is -0.205. The molecule has 0 saturated carbocycles. The Kier molecular flexibility index (Phi) is 3.85. The predicted octanol–water partition coefficient (Wildman–Crippen LogP) is 1.14. The highest BCUT2D eigenvalue weighted by atomic mass is 16.2. The molecule has 0 aliphatic heterocycles. The van der Waals surface area contributed by atoms with Crippen molar-refractivity contribution in [2.24, 2.45) is 0 Å². The van der Waals surface area contributed by atoms with Crippen LogP contribution in [-0.4, -0.2) is 24.3 Å². The minimum Gasteiger partial charge on any atom is -0.277 e.